The maximum Gasteiger partial charge on any atom is 0.483 e. The van der Waals surface area contributed by atoms with E-state index in [0.717, 1.165) is 17.8 Å². The molecule has 0 aromatic carbocycles. The maximum absolute atomic E-state index is 12.5. The van der Waals surface area contributed by atoms with Crippen LogP contribution in [-0.2, 0) is 36.8 Å². The van der Waals surface area contributed by atoms with Crippen LogP contribution in [0.2, 0.25) is 0 Å². The zero-order valence-corrected chi connectivity index (χ0v) is 23.1. The van der Waals surface area contributed by atoms with E-state index in [9.17, 15) is 43.8 Å². The van der Waals surface area contributed by atoms with Gasteiger partial charge in [0.25, 0.3) is 5.56 Å². The number of carbonyl (C=O) groups is 1. The summed E-state index contributed by atoms with van der Waals surface area (Å²) < 4.78 is 50.7. The Hall–Kier alpha value is -2.36. The number of fused-ring (bicyclic) bond motifs is 1. The van der Waals surface area contributed by atoms with Crippen molar-refractivity contribution in [3.05, 3.63) is 16.7 Å². The number of hydrogen-bond acceptors (Lipinski definition) is 16. The predicted molar refractivity (Wildman–Crippen MR) is 132 cm³/mol. The van der Waals surface area contributed by atoms with E-state index < -0.39 is 88.8 Å². The monoisotopic (exact) mass is 629 g/mol. The van der Waals surface area contributed by atoms with Gasteiger partial charge < -0.3 is 51.4 Å². The van der Waals surface area contributed by atoms with Crippen molar-refractivity contribution in [2.75, 3.05) is 12.3 Å². The van der Waals surface area contributed by atoms with Crippen molar-refractivity contribution in [2.24, 2.45) is 5.73 Å². The second kappa shape index (κ2) is 11.7. The van der Waals surface area contributed by atoms with Crippen molar-refractivity contribution in [1.82, 2.24) is 24.8 Å². The van der Waals surface area contributed by atoms with Crippen molar-refractivity contribution in [3.63, 3.8) is 0 Å². The van der Waals surface area contributed by atoms with Crippen LogP contribution < -0.4 is 22.3 Å². The summed E-state index contributed by atoms with van der Waals surface area (Å²) in [5.74, 6) is -0.941. The number of rotatable bonds is 9. The van der Waals surface area contributed by atoms with E-state index in [1.807, 2.05) is 0 Å². The van der Waals surface area contributed by atoms with Gasteiger partial charge in [-0.15, -0.1) is 0 Å². The number of amides is 1. The second-order valence-electron chi connectivity index (χ2n) is 9.25. The van der Waals surface area contributed by atoms with Gasteiger partial charge in [-0.3, -0.25) is 28.2 Å². The Balaban J connectivity index is 1.41. The number of nitrogens with one attached hydrogen (secondary N) is 2. The number of H-pyrrole nitrogens is 1. The molecule has 2 unspecified atom stereocenters. The highest BCUT2D eigenvalue weighted by molar-refractivity contribution is 7.61. The van der Waals surface area contributed by atoms with E-state index in [1.165, 1.54) is 6.92 Å². The molecule has 0 saturated carbocycles. The number of aliphatic hydroxyl groups is 3. The fourth-order valence-corrected chi connectivity index (χ4v) is 6.41. The first kappa shape index (κ1) is 31.6. The van der Waals surface area contributed by atoms with Gasteiger partial charge in [0.2, 0.25) is 11.9 Å². The fraction of sp³-hybridized carbons (Fsp3) is 0.667. The SMILES string of the molecule is CC(=O)N[C@H]1[C@@H](OP(=O)(O)OP(=O)(O)OC[C@H]2O[C@@H](n3cnc4c(=O)[nH]c(N)nc43)[C@H](O)[C@@H]2O)O[C@H](C)[C@@H](N)[C@@H]1O. The van der Waals surface area contributed by atoms with Crippen LogP contribution in [-0.4, -0.2) is 106 Å². The molecule has 0 spiro atoms. The molecule has 11 atom stereocenters. The first-order valence-corrected chi connectivity index (χ1v) is 14.8. The third-order valence-electron chi connectivity index (χ3n) is 6.22. The van der Waals surface area contributed by atoms with Crippen molar-refractivity contribution >= 4 is 38.7 Å². The highest BCUT2D eigenvalue weighted by Crippen LogP contribution is 2.61. The largest absolute Gasteiger partial charge is 0.483 e. The zero-order chi connectivity index (χ0) is 30.4. The Bertz CT molecular complexity index is 1440. The van der Waals surface area contributed by atoms with Crippen LogP contribution >= 0.6 is 15.6 Å². The Morgan fingerprint density at radius 1 is 1.20 bits per heavy atom. The molecular formula is C18H29N7O14P2. The van der Waals surface area contributed by atoms with E-state index in [2.05, 4.69) is 29.1 Å². The number of aromatic amines is 1. The lowest BCUT2D eigenvalue weighted by Crippen LogP contribution is -2.65. The van der Waals surface area contributed by atoms with Gasteiger partial charge in [-0.2, -0.15) is 9.29 Å². The number of anilines is 1. The molecule has 4 rings (SSSR count). The number of phosphoric ester groups is 2. The smallest absolute Gasteiger partial charge is 0.389 e. The van der Waals surface area contributed by atoms with Crippen LogP contribution in [0.5, 0.6) is 0 Å². The third-order valence-corrected chi connectivity index (χ3v) is 8.82. The highest BCUT2D eigenvalue weighted by Gasteiger charge is 2.49. The lowest BCUT2D eigenvalue weighted by Gasteiger charge is -2.42. The number of imidazole rings is 1. The minimum atomic E-state index is -5.50. The van der Waals surface area contributed by atoms with Crippen LogP contribution in [0.4, 0.5) is 5.95 Å². The van der Waals surface area contributed by atoms with Crippen molar-refractivity contribution in [2.45, 2.75) is 69.0 Å². The molecule has 2 aromatic heterocycles. The average Bonchev–Trinajstić information content (AvgIpc) is 3.39. The summed E-state index contributed by atoms with van der Waals surface area (Å²) in [4.78, 5) is 53.7. The minimum absolute atomic E-state index is 0.0958. The van der Waals surface area contributed by atoms with Crippen molar-refractivity contribution in [3.8, 4) is 0 Å². The Kier molecular flexibility index (Phi) is 9.03. The van der Waals surface area contributed by atoms with Crippen molar-refractivity contribution < 1.29 is 61.9 Å². The standard InChI is InChI=1S/C18H29N7O14P2/c1-5-8(19)12(28)9(22-6(2)26)17(36-5)38-41(33,34)39-40(31,32)35-3-7-11(27)13(29)16(37-7)25-4-21-10-14(25)23-18(20)24-15(10)30/h4-5,7-9,11-13,16-17,27-29H,3,19H2,1-2H3,(H,22,26)(H,31,32)(H,33,34)(H3,20,23,24,30)/t5-,7-,8-,9-,11-,12+,13-,16-,17-/m1/s1. The number of nitrogens with zero attached hydrogens (tertiary/aromatic N) is 3. The zero-order valence-electron chi connectivity index (χ0n) is 21.3. The lowest BCUT2D eigenvalue weighted by atomic mass is 9.96. The quantitative estimate of drug-likeness (QED) is 0.121. The molecule has 41 heavy (non-hydrogen) atoms. The molecule has 230 valence electrons. The Morgan fingerprint density at radius 2 is 1.88 bits per heavy atom. The van der Waals surface area contributed by atoms with E-state index in [-0.39, 0.29) is 17.1 Å². The summed E-state index contributed by atoms with van der Waals surface area (Å²) in [6.07, 6.45) is -9.50. The molecule has 2 aliphatic rings. The molecule has 2 aromatic rings. The lowest BCUT2D eigenvalue weighted by molar-refractivity contribution is -0.203. The van der Waals surface area contributed by atoms with Gasteiger partial charge >= 0.3 is 15.6 Å². The third kappa shape index (κ3) is 6.83. The van der Waals surface area contributed by atoms with E-state index in [4.69, 9.17) is 25.5 Å². The van der Waals surface area contributed by atoms with Crippen LogP contribution in [0.25, 0.3) is 11.2 Å². The molecule has 1 amide bonds. The van der Waals surface area contributed by atoms with Crippen LogP contribution in [0.15, 0.2) is 11.1 Å². The van der Waals surface area contributed by atoms with Gasteiger partial charge in [-0.1, -0.05) is 0 Å². The highest BCUT2D eigenvalue weighted by atomic mass is 31.3. The van der Waals surface area contributed by atoms with Gasteiger partial charge in [0, 0.05) is 6.92 Å². The van der Waals surface area contributed by atoms with Gasteiger partial charge in [-0.25, -0.2) is 14.1 Å². The Morgan fingerprint density at radius 3 is 2.54 bits per heavy atom. The fourth-order valence-electron chi connectivity index (χ4n) is 4.24. The van der Waals surface area contributed by atoms with Gasteiger partial charge in [-0.05, 0) is 6.92 Å². The topological polar surface area (TPSA) is 326 Å². The van der Waals surface area contributed by atoms with Gasteiger partial charge in [0.1, 0.15) is 24.4 Å². The van der Waals surface area contributed by atoms with E-state index >= 15 is 0 Å². The van der Waals surface area contributed by atoms with Gasteiger partial charge in [0.05, 0.1) is 31.2 Å². The normalized spacial score (nSPS) is 35.2. The molecule has 2 fully saturated rings. The molecule has 2 saturated heterocycles. The van der Waals surface area contributed by atoms with E-state index in [1.54, 1.807) is 0 Å². The Labute approximate surface area is 229 Å². The number of carbonyl (C=O) groups excluding carboxylic acids is 1. The number of aromatic nitrogens is 4. The number of hydrogen-bond donors (Lipinski definition) is 9. The number of aliphatic hydroxyl groups excluding tert-OH is 3. The summed E-state index contributed by atoms with van der Waals surface area (Å²) >= 11 is 0. The first-order valence-electron chi connectivity index (χ1n) is 11.8. The maximum atomic E-state index is 12.5. The number of nitrogens with two attached hydrogens (primary N) is 2. The first-order chi connectivity index (χ1) is 19.0. The molecule has 0 radical (unpaired) electrons. The van der Waals surface area contributed by atoms with Crippen LogP contribution in [0.3, 0.4) is 0 Å². The summed E-state index contributed by atoms with van der Waals surface area (Å²) in [7, 11) is -10.9. The molecule has 21 nitrogen and oxygen atoms in total. The number of phosphoric acid groups is 2. The van der Waals surface area contributed by atoms with Gasteiger partial charge in [0.15, 0.2) is 23.7 Å². The molecule has 0 bridgehead atoms. The molecule has 4 heterocycles. The summed E-state index contributed by atoms with van der Waals surface area (Å²) in [6, 6.07) is -2.48. The molecular weight excluding hydrogens is 600 g/mol. The molecule has 0 aliphatic carbocycles. The summed E-state index contributed by atoms with van der Waals surface area (Å²) in [5.41, 5.74) is 10.4. The number of ether oxygens (including phenoxy) is 2. The van der Waals surface area contributed by atoms with Crippen LogP contribution in [0, 0.1) is 0 Å². The summed E-state index contributed by atoms with van der Waals surface area (Å²) in [5, 5.41) is 33.5. The molecule has 2 aliphatic heterocycles. The molecule has 23 heteroatoms. The average molecular weight is 629 g/mol. The van der Waals surface area contributed by atoms with E-state index in [0.29, 0.717) is 0 Å². The van der Waals surface area contributed by atoms with Crippen LogP contribution in [0.1, 0.15) is 20.1 Å². The van der Waals surface area contributed by atoms with Crippen molar-refractivity contribution in [1.29, 1.82) is 0 Å². The molecule has 11 N–H and O–H groups in total. The number of nitrogen functional groups attached to an aromatic ring is 1. The minimum Gasteiger partial charge on any atom is -0.389 e. The second-order valence-corrected chi connectivity index (χ2v) is 12.2. The predicted octanol–water partition coefficient (Wildman–Crippen LogP) is -3.49. The summed E-state index contributed by atoms with van der Waals surface area (Å²) in [6.45, 7) is 1.53.